The summed E-state index contributed by atoms with van der Waals surface area (Å²) >= 11 is 0. The summed E-state index contributed by atoms with van der Waals surface area (Å²) in [7, 11) is 0. The van der Waals surface area contributed by atoms with Crippen LogP contribution in [-0.4, -0.2) is 37.1 Å². The van der Waals surface area contributed by atoms with E-state index in [-0.39, 0.29) is 0 Å². The molecule has 0 bridgehead atoms. The summed E-state index contributed by atoms with van der Waals surface area (Å²) < 4.78 is 0. The van der Waals surface area contributed by atoms with Gasteiger partial charge in [0.25, 0.3) is 0 Å². The Morgan fingerprint density at radius 2 is 1.61 bits per heavy atom. The standard InChI is InChI=1S/C16H32N2/c1-4-18-10-8-15(9-11-18)12-17-16-13(2)6-5-7-14(16)3/h13-17H,4-12H2,1-3H3. The Kier molecular flexibility index (Phi) is 5.50. The molecule has 0 amide bonds. The van der Waals surface area contributed by atoms with Gasteiger partial charge in [0.2, 0.25) is 0 Å². The largest absolute Gasteiger partial charge is 0.313 e. The van der Waals surface area contributed by atoms with Crippen LogP contribution in [0.3, 0.4) is 0 Å². The number of likely N-dealkylation sites (tertiary alicyclic amines) is 1. The highest BCUT2D eigenvalue weighted by Gasteiger charge is 2.28. The van der Waals surface area contributed by atoms with Crippen LogP contribution in [0.1, 0.15) is 52.9 Å². The van der Waals surface area contributed by atoms with Crippen molar-refractivity contribution >= 4 is 0 Å². The van der Waals surface area contributed by atoms with Crippen molar-refractivity contribution in [3.63, 3.8) is 0 Å². The highest BCUT2D eigenvalue weighted by molar-refractivity contribution is 4.84. The Hall–Kier alpha value is -0.0800. The maximum absolute atomic E-state index is 3.91. The van der Waals surface area contributed by atoms with E-state index < -0.39 is 0 Å². The average molecular weight is 252 g/mol. The molecule has 0 spiro atoms. The molecule has 2 fully saturated rings. The lowest BCUT2D eigenvalue weighted by molar-refractivity contribution is 0.164. The van der Waals surface area contributed by atoms with Crippen LogP contribution in [0.25, 0.3) is 0 Å². The van der Waals surface area contributed by atoms with Gasteiger partial charge >= 0.3 is 0 Å². The molecular weight excluding hydrogens is 220 g/mol. The molecular formula is C16H32N2. The van der Waals surface area contributed by atoms with Crippen LogP contribution in [0.5, 0.6) is 0 Å². The summed E-state index contributed by atoms with van der Waals surface area (Å²) in [5.41, 5.74) is 0. The predicted octanol–water partition coefficient (Wildman–Crippen LogP) is 3.13. The van der Waals surface area contributed by atoms with Crippen molar-refractivity contribution in [1.82, 2.24) is 10.2 Å². The van der Waals surface area contributed by atoms with Gasteiger partial charge in [0.15, 0.2) is 0 Å². The Morgan fingerprint density at radius 1 is 1.00 bits per heavy atom. The van der Waals surface area contributed by atoms with Crippen LogP contribution in [-0.2, 0) is 0 Å². The molecule has 0 aromatic carbocycles. The van der Waals surface area contributed by atoms with Crippen molar-refractivity contribution in [1.29, 1.82) is 0 Å². The van der Waals surface area contributed by atoms with E-state index in [1.54, 1.807) is 0 Å². The fourth-order valence-corrected chi connectivity index (χ4v) is 3.89. The van der Waals surface area contributed by atoms with Gasteiger partial charge in [-0.2, -0.15) is 0 Å². The number of rotatable bonds is 4. The molecule has 2 heteroatoms. The first-order valence-corrected chi connectivity index (χ1v) is 8.16. The summed E-state index contributed by atoms with van der Waals surface area (Å²) in [4.78, 5) is 2.59. The second-order valence-electron chi connectivity index (χ2n) is 6.70. The van der Waals surface area contributed by atoms with Crippen LogP contribution >= 0.6 is 0 Å². The third-order valence-corrected chi connectivity index (χ3v) is 5.34. The summed E-state index contributed by atoms with van der Waals surface area (Å²) in [5, 5.41) is 3.91. The molecule has 1 N–H and O–H groups in total. The molecule has 2 aliphatic rings. The molecule has 0 aromatic heterocycles. The fourth-order valence-electron chi connectivity index (χ4n) is 3.89. The van der Waals surface area contributed by atoms with E-state index in [9.17, 15) is 0 Å². The molecule has 2 rings (SSSR count). The zero-order valence-corrected chi connectivity index (χ0v) is 12.6. The van der Waals surface area contributed by atoms with Gasteiger partial charge in [0.05, 0.1) is 0 Å². The van der Waals surface area contributed by atoms with Crippen LogP contribution in [0, 0.1) is 17.8 Å². The molecule has 1 heterocycles. The maximum Gasteiger partial charge on any atom is 0.0118 e. The molecule has 1 saturated heterocycles. The molecule has 0 aromatic rings. The molecule has 2 nitrogen and oxygen atoms in total. The van der Waals surface area contributed by atoms with Crippen molar-refractivity contribution < 1.29 is 0 Å². The Labute approximate surface area is 114 Å². The lowest BCUT2D eigenvalue weighted by Crippen LogP contribution is -2.46. The zero-order valence-electron chi connectivity index (χ0n) is 12.6. The number of hydrogen-bond acceptors (Lipinski definition) is 2. The molecule has 2 atom stereocenters. The minimum Gasteiger partial charge on any atom is -0.313 e. The topological polar surface area (TPSA) is 15.3 Å². The van der Waals surface area contributed by atoms with Gasteiger partial charge in [-0.05, 0) is 69.6 Å². The van der Waals surface area contributed by atoms with Crippen LogP contribution < -0.4 is 5.32 Å². The van der Waals surface area contributed by atoms with Crippen LogP contribution in [0.4, 0.5) is 0 Å². The van der Waals surface area contributed by atoms with E-state index in [1.807, 2.05) is 0 Å². The number of piperidine rings is 1. The Bertz CT molecular complexity index is 223. The van der Waals surface area contributed by atoms with Crippen molar-refractivity contribution in [3.05, 3.63) is 0 Å². The number of nitrogens with one attached hydrogen (secondary N) is 1. The van der Waals surface area contributed by atoms with E-state index in [1.165, 1.54) is 58.3 Å². The van der Waals surface area contributed by atoms with Gasteiger partial charge in [0.1, 0.15) is 0 Å². The number of nitrogens with zero attached hydrogens (tertiary/aromatic N) is 1. The Morgan fingerprint density at radius 3 is 2.17 bits per heavy atom. The first-order chi connectivity index (χ1) is 8.70. The maximum atomic E-state index is 3.91. The Balaban J connectivity index is 1.71. The van der Waals surface area contributed by atoms with Crippen molar-refractivity contribution in [2.24, 2.45) is 17.8 Å². The van der Waals surface area contributed by atoms with Crippen molar-refractivity contribution in [3.8, 4) is 0 Å². The van der Waals surface area contributed by atoms with E-state index in [0.717, 1.165) is 23.8 Å². The van der Waals surface area contributed by atoms with Gasteiger partial charge < -0.3 is 10.2 Å². The smallest absolute Gasteiger partial charge is 0.0118 e. The highest BCUT2D eigenvalue weighted by atomic mass is 15.1. The molecule has 2 unspecified atom stereocenters. The quantitative estimate of drug-likeness (QED) is 0.827. The van der Waals surface area contributed by atoms with Crippen molar-refractivity contribution in [2.75, 3.05) is 26.2 Å². The van der Waals surface area contributed by atoms with E-state index in [4.69, 9.17) is 0 Å². The third kappa shape index (κ3) is 3.71. The van der Waals surface area contributed by atoms with E-state index in [0.29, 0.717) is 0 Å². The van der Waals surface area contributed by atoms with Crippen LogP contribution in [0.15, 0.2) is 0 Å². The van der Waals surface area contributed by atoms with E-state index >= 15 is 0 Å². The lowest BCUT2D eigenvalue weighted by atomic mass is 9.78. The number of hydrogen-bond donors (Lipinski definition) is 1. The van der Waals surface area contributed by atoms with E-state index in [2.05, 4.69) is 31.0 Å². The molecule has 18 heavy (non-hydrogen) atoms. The summed E-state index contributed by atoms with van der Waals surface area (Å²) in [6.07, 6.45) is 7.09. The predicted molar refractivity (Wildman–Crippen MR) is 78.8 cm³/mol. The molecule has 106 valence electrons. The average Bonchev–Trinajstić information content (AvgIpc) is 2.39. The summed E-state index contributed by atoms with van der Waals surface area (Å²) in [6, 6.07) is 0.781. The van der Waals surface area contributed by atoms with Gasteiger partial charge in [-0.25, -0.2) is 0 Å². The van der Waals surface area contributed by atoms with Crippen LogP contribution in [0.2, 0.25) is 0 Å². The molecule has 1 aliphatic heterocycles. The third-order valence-electron chi connectivity index (χ3n) is 5.34. The van der Waals surface area contributed by atoms with Gasteiger partial charge in [-0.3, -0.25) is 0 Å². The first kappa shape index (κ1) is 14.3. The van der Waals surface area contributed by atoms with Gasteiger partial charge in [0, 0.05) is 6.04 Å². The molecule has 0 radical (unpaired) electrons. The second kappa shape index (κ2) is 6.91. The first-order valence-electron chi connectivity index (χ1n) is 8.16. The normalized spacial score (nSPS) is 35.8. The molecule has 1 saturated carbocycles. The zero-order chi connectivity index (χ0) is 13.0. The van der Waals surface area contributed by atoms with Crippen molar-refractivity contribution in [2.45, 2.75) is 58.9 Å². The summed E-state index contributed by atoms with van der Waals surface area (Å²) in [5.74, 6) is 2.68. The minimum atomic E-state index is 0.781. The SMILES string of the molecule is CCN1CCC(CNC2C(C)CCCC2C)CC1. The second-order valence-corrected chi connectivity index (χ2v) is 6.70. The molecule has 1 aliphatic carbocycles. The fraction of sp³-hybridized carbons (Fsp3) is 1.00. The van der Waals surface area contributed by atoms with Gasteiger partial charge in [-0.1, -0.05) is 27.2 Å². The lowest BCUT2D eigenvalue weighted by Gasteiger charge is -2.37. The minimum absolute atomic E-state index is 0.781. The highest BCUT2D eigenvalue weighted by Crippen LogP contribution is 2.29. The monoisotopic (exact) mass is 252 g/mol. The summed E-state index contributed by atoms with van der Waals surface area (Å²) in [6.45, 7) is 12.3. The van der Waals surface area contributed by atoms with Gasteiger partial charge in [-0.15, -0.1) is 0 Å².